The summed E-state index contributed by atoms with van der Waals surface area (Å²) in [5, 5.41) is 12.5. The lowest BCUT2D eigenvalue weighted by Crippen LogP contribution is -2.39. The van der Waals surface area contributed by atoms with Crippen molar-refractivity contribution in [1.29, 1.82) is 0 Å². The van der Waals surface area contributed by atoms with Crippen molar-refractivity contribution in [3.05, 3.63) is 0 Å². The molecule has 0 aromatic carbocycles. The van der Waals surface area contributed by atoms with Crippen LogP contribution in [0.5, 0.6) is 0 Å². The Bertz CT molecular complexity index is 539. The van der Waals surface area contributed by atoms with E-state index in [0.29, 0.717) is 13.2 Å². The van der Waals surface area contributed by atoms with Gasteiger partial charge in [0.2, 0.25) is 0 Å². The molecule has 0 saturated heterocycles. The van der Waals surface area contributed by atoms with Crippen molar-refractivity contribution in [1.82, 2.24) is 5.32 Å². The summed E-state index contributed by atoms with van der Waals surface area (Å²) in [6.07, 6.45) is 34.8. The minimum atomic E-state index is -0.970. The molecule has 0 saturated carbocycles. The van der Waals surface area contributed by atoms with Gasteiger partial charge in [-0.1, -0.05) is 174 Å². The molecule has 2 N–H and O–H groups in total. The van der Waals surface area contributed by atoms with Gasteiger partial charge in [-0.2, -0.15) is 0 Å². The number of carboxylic acids is 1. The van der Waals surface area contributed by atoms with Gasteiger partial charge in [0, 0.05) is 0 Å². The zero-order valence-corrected chi connectivity index (χ0v) is 27.0. The van der Waals surface area contributed by atoms with Gasteiger partial charge in [0.1, 0.15) is 6.04 Å². The van der Waals surface area contributed by atoms with Gasteiger partial charge < -0.3 is 15.2 Å². The van der Waals surface area contributed by atoms with Gasteiger partial charge in [0.05, 0.1) is 13.0 Å². The van der Waals surface area contributed by atoms with Crippen LogP contribution in [0.4, 0.5) is 0 Å². The Balaban J connectivity index is 3.51. The van der Waals surface area contributed by atoms with E-state index in [9.17, 15) is 14.7 Å². The molecule has 0 fully saturated rings. The van der Waals surface area contributed by atoms with E-state index >= 15 is 0 Å². The number of ether oxygens (including phenoxy) is 1. The van der Waals surface area contributed by atoms with E-state index in [-0.39, 0.29) is 6.42 Å². The maximum atomic E-state index is 12.1. The van der Waals surface area contributed by atoms with Crippen LogP contribution in [0.3, 0.4) is 0 Å². The average molecular weight is 568 g/mol. The Morgan fingerprint density at radius 2 is 0.850 bits per heavy atom. The molecule has 238 valence electrons. The van der Waals surface area contributed by atoms with E-state index in [2.05, 4.69) is 19.2 Å². The van der Waals surface area contributed by atoms with Gasteiger partial charge in [-0.25, -0.2) is 0 Å². The van der Waals surface area contributed by atoms with Crippen molar-refractivity contribution in [2.24, 2.45) is 0 Å². The van der Waals surface area contributed by atoms with Gasteiger partial charge in [-0.05, 0) is 19.4 Å². The monoisotopic (exact) mass is 568 g/mol. The summed E-state index contributed by atoms with van der Waals surface area (Å²) in [6.45, 7) is 5.57. The van der Waals surface area contributed by atoms with E-state index in [1.54, 1.807) is 0 Å². The standard InChI is InChI=1S/C35H69NO4/c1-3-5-7-9-11-13-15-17-18-19-21-23-25-27-29-31-40-34(37)32-33(35(38)39)36-30-28-26-24-22-20-16-14-12-10-8-6-4-2/h33,36H,3-32H2,1-2H3,(H,38,39). The maximum absolute atomic E-state index is 12.1. The predicted molar refractivity (Wildman–Crippen MR) is 171 cm³/mol. The van der Waals surface area contributed by atoms with Crippen molar-refractivity contribution in [3.8, 4) is 0 Å². The molecule has 0 aliphatic rings. The largest absolute Gasteiger partial charge is 0.480 e. The highest BCUT2D eigenvalue weighted by Crippen LogP contribution is 2.14. The number of hydrogen-bond donors (Lipinski definition) is 2. The number of rotatable bonds is 33. The van der Waals surface area contributed by atoms with Gasteiger partial charge >= 0.3 is 11.9 Å². The summed E-state index contributed by atoms with van der Waals surface area (Å²) in [6, 6.07) is -0.846. The summed E-state index contributed by atoms with van der Waals surface area (Å²) in [4.78, 5) is 23.7. The molecule has 0 amide bonds. The number of carbonyl (C=O) groups excluding carboxylic acids is 1. The highest BCUT2D eigenvalue weighted by atomic mass is 16.5. The molecule has 0 aromatic rings. The quantitative estimate of drug-likeness (QED) is 0.0609. The van der Waals surface area contributed by atoms with Crippen LogP contribution in [0.15, 0.2) is 0 Å². The van der Waals surface area contributed by atoms with E-state index in [1.165, 1.54) is 148 Å². The fourth-order valence-corrected chi connectivity index (χ4v) is 5.37. The normalized spacial score (nSPS) is 12.1. The van der Waals surface area contributed by atoms with Crippen molar-refractivity contribution in [2.45, 2.75) is 200 Å². The topological polar surface area (TPSA) is 75.6 Å². The third kappa shape index (κ3) is 29.9. The second kappa shape index (κ2) is 32.4. The molecule has 5 nitrogen and oxygen atoms in total. The first-order chi connectivity index (χ1) is 19.6. The van der Waals surface area contributed by atoms with Crippen LogP contribution in [0, 0.1) is 0 Å². The maximum Gasteiger partial charge on any atom is 0.321 e. The third-order valence-corrected chi connectivity index (χ3v) is 8.10. The van der Waals surface area contributed by atoms with E-state index in [0.717, 1.165) is 25.7 Å². The highest BCUT2D eigenvalue weighted by molar-refractivity contribution is 5.81. The molecule has 0 heterocycles. The van der Waals surface area contributed by atoms with Crippen LogP contribution >= 0.6 is 0 Å². The van der Waals surface area contributed by atoms with Crippen LogP contribution in [0.1, 0.15) is 194 Å². The Hall–Kier alpha value is -1.10. The molecule has 0 rings (SSSR count). The van der Waals surface area contributed by atoms with Crippen LogP contribution in [0.2, 0.25) is 0 Å². The molecular weight excluding hydrogens is 498 g/mol. The number of carboxylic acid groups (broad SMARTS) is 1. The molecule has 0 aromatic heterocycles. The Morgan fingerprint density at radius 3 is 1.20 bits per heavy atom. The second-order valence-corrected chi connectivity index (χ2v) is 12.1. The fourth-order valence-electron chi connectivity index (χ4n) is 5.37. The van der Waals surface area contributed by atoms with Crippen molar-refractivity contribution in [3.63, 3.8) is 0 Å². The number of unbranched alkanes of at least 4 members (excludes halogenated alkanes) is 25. The number of nitrogens with one attached hydrogen (secondary N) is 1. The van der Waals surface area contributed by atoms with E-state index in [4.69, 9.17) is 4.74 Å². The minimum Gasteiger partial charge on any atom is -0.480 e. The van der Waals surface area contributed by atoms with Crippen molar-refractivity contribution in [2.75, 3.05) is 13.2 Å². The number of carbonyl (C=O) groups is 2. The summed E-state index contributed by atoms with van der Waals surface area (Å²) >= 11 is 0. The predicted octanol–water partition coefficient (Wildman–Crippen LogP) is 10.5. The summed E-state index contributed by atoms with van der Waals surface area (Å²) in [5.74, 6) is -1.37. The first-order valence-electron chi connectivity index (χ1n) is 17.7. The van der Waals surface area contributed by atoms with Crippen molar-refractivity contribution < 1.29 is 19.4 Å². The van der Waals surface area contributed by atoms with Gasteiger partial charge in [0.25, 0.3) is 0 Å². The number of aliphatic carboxylic acids is 1. The SMILES string of the molecule is CCCCCCCCCCCCCCCCCOC(=O)CC(NCCCCCCCCCCCCCC)C(=O)O. The number of esters is 1. The summed E-state index contributed by atoms with van der Waals surface area (Å²) < 4.78 is 5.31. The van der Waals surface area contributed by atoms with Gasteiger partial charge in [-0.15, -0.1) is 0 Å². The number of hydrogen-bond acceptors (Lipinski definition) is 4. The molecule has 0 spiro atoms. The van der Waals surface area contributed by atoms with Crippen LogP contribution in [0.25, 0.3) is 0 Å². The molecule has 5 heteroatoms. The zero-order valence-electron chi connectivity index (χ0n) is 27.0. The van der Waals surface area contributed by atoms with Crippen LogP contribution < -0.4 is 5.32 Å². The second-order valence-electron chi connectivity index (χ2n) is 12.1. The average Bonchev–Trinajstić information content (AvgIpc) is 2.94. The molecular formula is C35H69NO4. The lowest BCUT2D eigenvalue weighted by Gasteiger charge is -2.14. The Kier molecular flexibility index (Phi) is 31.5. The lowest BCUT2D eigenvalue weighted by molar-refractivity contribution is -0.149. The first kappa shape index (κ1) is 38.9. The van der Waals surface area contributed by atoms with Crippen LogP contribution in [-0.2, 0) is 14.3 Å². The summed E-state index contributed by atoms with van der Waals surface area (Å²) in [7, 11) is 0. The zero-order chi connectivity index (χ0) is 29.4. The molecule has 0 radical (unpaired) electrons. The smallest absolute Gasteiger partial charge is 0.321 e. The van der Waals surface area contributed by atoms with Gasteiger partial charge in [0.15, 0.2) is 0 Å². The van der Waals surface area contributed by atoms with Crippen LogP contribution in [-0.4, -0.2) is 36.2 Å². The molecule has 0 aliphatic heterocycles. The minimum absolute atomic E-state index is 0.0909. The van der Waals surface area contributed by atoms with Crippen molar-refractivity contribution >= 4 is 11.9 Å². The van der Waals surface area contributed by atoms with E-state index < -0.39 is 18.0 Å². The van der Waals surface area contributed by atoms with E-state index in [1.807, 2.05) is 0 Å². The van der Waals surface area contributed by atoms with Gasteiger partial charge in [-0.3, -0.25) is 9.59 Å². The Labute approximate surface area is 249 Å². The highest BCUT2D eigenvalue weighted by Gasteiger charge is 2.21. The molecule has 1 atom stereocenters. The molecule has 1 unspecified atom stereocenters. The molecule has 40 heavy (non-hydrogen) atoms. The fraction of sp³-hybridized carbons (Fsp3) is 0.943. The summed E-state index contributed by atoms with van der Waals surface area (Å²) in [5.41, 5.74) is 0. The molecule has 0 aliphatic carbocycles. The lowest BCUT2D eigenvalue weighted by atomic mass is 10.0. The first-order valence-corrected chi connectivity index (χ1v) is 17.7. The molecule has 0 bridgehead atoms. The third-order valence-electron chi connectivity index (χ3n) is 8.10. The Morgan fingerprint density at radius 1 is 0.525 bits per heavy atom.